The lowest BCUT2D eigenvalue weighted by Gasteiger charge is -2.30. The van der Waals surface area contributed by atoms with Gasteiger partial charge >= 0.3 is 0 Å². The smallest absolute Gasteiger partial charge is 0.292 e. The van der Waals surface area contributed by atoms with Crippen LogP contribution in [0.25, 0.3) is 0 Å². The van der Waals surface area contributed by atoms with E-state index in [-0.39, 0.29) is 16.7 Å². The van der Waals surface area contributed by atoms with Gasteiger partial charge in [0.1, 0.15) is 5.69 Å². The Morgan fingerprint density at radius 1 is 1.40 bits per heavy atom. The van der Waals surface area contributed by atoms with E-state index in [2.05, 4.69) is 21.2 Å². The Morgan fingerprint density at radius 3 is 2.70 bits per heavy atom. The number of nitro benzene ring substituents is 1. The van der Waals surface area contributed by atoms with E-state index < -0.39 is 0 Å². The molecule has 110 valence electrons. The summed E-state index contributed by atoms with van der Waals surface area (Å²) >= 11 is 3.36. The number of hydrogen-bond donors (Lipinski definition) is 2. The molecule has 1 aliphatic rings. The van der Waals surface area contributed by atoms with E-state index in [9.17, 15) is 10.1 Å². The molecule has 2 rings (SSSR count). The fourth-order valence-corrected chi connectivity index (χ4v) is 3.25. The molecule has 1 saturated carbocycles. The van der Waals surface area contributed by atoms with Crippen LogP contribution in [0.15, 0.2) is 22.7 Å². The molecule has 0 amide bonds. The molecule has 0 radical (unpaired) electrons. The molecule has 0 aliphatic heterocycles. The number of anilines is 1. The maximum Gasteiger partial charge on any atom is 0.292 e. The molecular formula is C14H20BrN3O2. The highest BCUT2D eigenvalue weighted by Crippen LogP contribution is 2.32. The maximum absolute atomic E-state index is 11.1. The van der Waals surface area contributed by atoms with E-state index in [1.54, 1.807) is 12.1 Å². The Morgan fingerprint density at radius 2 is 2.10 bits per heavy atom. The average molecular weight is 342 g/mol. The summed E-state index contributed by atoms with van der Waals surface area (Å²) in [6.07, 6.45) is 6.03. The lowest BCUT2D eigenvalue weighted by molar-refractivity contribution is -0.384. The predicted molar refractivity (Wildman–Crippen MR) is 83.8 cm³/mol. The molecule has 0 heterocycles. The van der Waals surface area contributed by atoms with Crippen LogP contribution in [0.4, 0.5) is 11.4 Å². The molecular weight excluding hydrogens is 322 g/mol. The molecule has 0 spiro atoms. The second kappa shape index (κ2) is 7.04. The number of benzene rings is 1. The first-order valence-electron chi connectivity index (χ1n) is 7.02. The van der Waals surface area contributed by atoms with E-state index in [0.717, 1.165) is 17.3 Å². The normalized spacial score (nSPS) is 17.7. The van der Waals surface area contributed by atoms with Crippen molar-refractivity contribution in [3.63, 3.8) is 0 Å². The van der Waals surface area contributed by atoms with Crippen molar-refractivity contribution >= 4 is 27.3 Å². The molecule has 1 atom stereocenters. The highest BCUT2D eigenvalue weighted by molar-refractivity contribution is 9.10. The maximum atomic E-state index is 11.1. The van der Waals surface area contributed by atoms with Crippen molar-refractivity contribution in [2.24, 2.45) is 11.7 Å². The summed E-state index contributed by atoms with van der Waals surface area (Å²) in [6, 6.07) is 5.05. The van der Waals surface area contributed by atoms with Gasteiger partial charge in [-0.25, -0.2) is 0 Å². The van der Waals surface area contributed by atoms with Crippen molar-refractivity contribution < 1.29 is 4.92 Å². The number of hydrogen-bond acceptors (Lipinski definition) is 4. The average Bonchev–Trinajstić information content (AvgIpc) is 2.45. The second-order valence-electron chi connectivity index (χ2n) is 5.30. The van der Waals surface area contributed by atoms with Crippen molar-refractivity contribution in [2.75, 3.05) is 11.9 Å². The number of rotatable bonds is 5. The van der Waals surface area contributed by atoms with Gasteiger partial charge in [-0.3, -0.25) is 10.1 Å². The van der Waals surface area contributed by atoms with Gasteiger partial charge in [0.2, 0.25) is 0 Å². The van der Waals surface area contributed by atoms with E-state index in [1.165, 1.54) is 25.3 Å². The molecule has 0 aromatic heterocycles. The summed E-state index contributed by atoms with van der Waals surface area (Å²) in [7, 11) is 0. The topological polar surface area (TPSA) is 81.2 Å². The van der Waals surface area contributed by atoms with Gasteiger partial charge < -0.3 is 11.1 Å². The van der Waals surface area contributed by atoms with Crippen LogP contribution in [0.2, 0.25) is 0 Å². The SMILES string of the molecule is NCC(Nc1cc(Br)ccc1[N+](=O)[O-])C1CCCCC1. The number of halogens is 1. The van der Waals surface area contributed by atoms with E-state index in [1.807, 2.05) is 0 Å². The fraction of sp³-hybridized carbons (Fsp3) is 0.571. The van der Waals surface area contributed by atoms with Gasteiger partial charge in [-0.05, 0) is 30.9 Å². The first-order chi connectivity index (χ1) is 9.61. The predicted octanol–water partition coefficient (Wildman–Crippen LogP) is 3.68. The van der Waals surface area contributed by atoms with E-state index in [4.69, 9.17) is 5.73 Å². The minimum Gasteiger partial charge on any atom is -0.375 e. The van der Waals surface area contributed by atoms with Crippen molar-refractivity contribution in [3.8, 4) is 0 Å². The minimum absolute atomic E-state index is 0.0995. The van der Waals surface area contributed by atoms with Gasteiger partial charge in [-0.1, -0.05) is 35.2 Å². The van der Waals surface area contributed by atoms with Crippen molar-refractivity contribution in [1.82, 2.24) is 0 Å². The van der Waals surface area contributed by atoms with Crippen LogP contribution in [0.5, 0.6) is 0 Å². The van der Waals surface area contributed by atoms with Crippen LogP contribution in [-0.4, -0.2) is 17.5 Å². The molecule has 1 aromatic carbocycles. The van der Waals surface area contributed by atoms with Crippen molar-refractivity contribution in [2.45, 2.75) is 38.1 Å². The lowest BCUT2D eigenvalue weighted by Crippen LogP contribution is -2.37. The highest BCUT2D eigenvalue weighted by atomic mass is 79.9. The van der Waals surface area contributed by atoms with Crippen LogP contribution in [0.1, 0.15) is 32.1 Å². The summed E-state index contributed by atoms with van der Waals surface area (Å²) in [5.74, 6) is 0.507. The second-order valence-corrected chi connectivity index (χ2v) is 6.22. The number of nitro groups is 1. The molecule has 20 heavy (non-hydrogen) atoms. The van der Waals surface area contributed by atoms with Gasteiger partial charge in [0.25, 0.3) is 5.69 Å². The fourth-order valence-electron chi connectivity index (χ4n) is 2.89. The summed E-state index contributed by atoms with van der Waals surface area (Å²) in [5.41, 5.74) is 6.52. The lowest BCUT2D eigenvalue weighted by atomic mass is 9.84. The number of nitrogens with two attached hydrogens (primary N) is 1. The van der Waals surface area contributed by atoms with Gasteiger partial charge in [0, 0.05) is 23.1 Å². The molecule has 6 heteroatoms. The molecule has 0 bridgehead atoms. The minimum atomic E-state index is -0.358. The van der Waals surface area contributed by atoms with Crippen LogP contribution >= 0.6 is 15.9 Å². The highest BCUT2D eigenvalue weighted by Gasteiger charge is 2.25. The third-order valence-corrected chi connectivity index (χ3v) is 4.46. The molecule has 1 aliphatic carbocycles. The summed E-state index contributed by atoms with van der Waals surface area (Å²) in [5, 5.41) is 14.4. The first kappa shape index (κ1) is 15.3. The summed E-state index contributed by atoms with van der Waals surface area (Å²) in [6.45, 7) is 0.494. The Hall–Kier alpha value is -1.14. The molecule has 1 unspecified atom stereocenters. The van der Waals surface area contributed by atoms with Crippen LogP contribution in [-0.2, 0) is 0 Å². The van der Waals surface area contributed by atoms with E-state index in [0.29, 0.717) is 18.2 Å². The summed E-state index contributed by atoms with van der Waals surface area (Å²) < 4.78 is 0.824. The number of nitrogens with one attached hydrogen (secondary N) is 1. The third kappa shape index (κ3) is 3.70. The Kier molecular flexibility index (Phi) is 5.37. The first-order valence-corrected chi connectivity index (χ1v) is 7.81. The molecule has 0 saturated heterocycles. The summed E-state index contributed by atoms with van der Waals surface area (Å²) in [4.78, 5) is 10.7. The van der Waals surface area contributed by atoms with Crippen molar-refractivity contribution in [3.05, 3.63) is 32.8 Å². The third-order valence-electron chi connectivity index (χ3n) is 3.97. The van der Waals surface area contributed by atoms with Crippen LogP contribution in [0.3, 0.4) is 0 Å². The van der Waals surface area contributed by atoms with Crippen LogP contribution in [0, 0.1) is 16.0 Å². The zero-order valence-electron chi connectivity index (χ0n) is 11.3. The monoisotopic (exact) mass is 341 g/mol. The molecule has 3 N–H and O–H groups in total. The number of nitrogens with zero attached hydrogens (tertiary/aromatic N) is 1. The zero-order valence-corrected chi connectivity index (χ0v) is 12.9. The van der Waals surface area contributed by atoms with Crippen molar-refractivity contribution in [1.29, 1.82) is 0 Å². The van der Waals surface area contributed by atoms with Gasteiger partial charge in [0.05, 0.1) is 4.92 Å². The van der Waals surface area contributed by atoms with Gasteiger partial charge in [-0.2, -0.15) is 0 Å². The quantitative estimate of drug-likeness (QED) is 0.632. The van der Waals surface area contributed by atoms with Crippen LogP contribution < -0.4 is 11.1 Å². The molecule has 5 nitrogen and oxygen atoms in total. The molecule has 1 fully saturated rings. The van der Waals surface area contributed by atoms with Gasteiger partial charge in [0.15, 0.2) is 0 Å². The Balaban J connectivity index is 2.17. The van der Waals surface area contributed by atoms with E-state index >= 15 is 0 Å². The molecule has 1 aromatic rings. The zero-order chi connectivity index (χ0) is 14.5. The largest absolute Gasteiger partial charge is 0.375 e. The Labute approximate surface area is 127 Å². The standard InChI is InChI=1S/C14H20BrN3O2/c15-11-6-7-14(18(19)20)12(8-11)17-13(9-16)10-4-2-1-3-5-10/h6-8,10,13,17H,1-5,9,16H2. The van der Waals surface area contributed by atoms with Gasteiger partial charge in [-0.15, -0.1) is 0 Å². The Bertz CT molecular complexity index is 475.